The van der Waals surface area contributed by atoms with Crippen LogP contribution in [-0.4, -0.2) is 19.5 Å². The van der Waals surface area contributed by atoms with E-state index < -0.39 is 0 Å². The van der Waals surface area contributed by atoms with Crippen molar-refractivity contribution in [2.45, 2.75) is 19.4 Å². The molecule has 2 rings (SSSR count). The number of ether oxygens (including phenoxy) is 1. The van der Waals surface area contributed by atoms with Gasteiger partial charge in [0.2, 0.25) is 5.91 Å². The van der Waals surface area contributed by atoms with E-state index in [9.17, 15) is 9.18 Å². The molecule has 0 aliphatic rings. The number of carbonyl (C=O) groups excluding carboxylic acids is 1. The van der Waals surface area contributed by atoms with Gasteiger partial charge in [0.05, 0.1) is 0 Å². The Balaban J connectivity index is 1.82. The van der Waals surface area contributed by atoms with E-state index in [4.69, 9.17) is 4.74 Å². The van der Waals surface area contributed by atoms with Crippen LogP contribution in [0.15, 0.2) is 48.5 Å². The highest BCUT2D eigenvalue weighted by Crippen LogP contribution is 2.18. The molecule has 5 heteroatoms. The van der Waals surface area contributed by atoms with Crippen molar-refractivity contribution < 1.29 is 13.9 Å². The second kappa shape index (κ2) is 8.90. The van der Waals surface area contributed by atoms with E-state index >= 15 is 0 Å². The topological polar surface area (TPSA) is 50.4 Å². The van der Waals surface area contributed by atoms with Gasteiger partial charge >= 0.3 is 0 Å². The third-order valence-corrected chi connectivity index (χ3v) is 3.32. The van der Waals surface area contributed by atoms with E-state index in [-0.39, 0.29) is 18.3 Å². The number of carbonyl (C=O) groups is 1. The van der Waals surface area contributed by atoms with Crippen molar-refractivity contribution in [2.24, 2.45) is 0 Å². The van der Waals surface area contributed by atoms with E-state index in [2.05, 4.69) is 10.6 Å². The largest absolute Gasteiger partial charge is 0.489 e. The van der Waals surface area contributed by atoms with Crippen LogP contribution < -0.4 is 15.4 Å². The zero-order valence-corrected chi connectivity index (χ0v) is 13.1. The van der Waals surface area contributed by atoms with Crippen molar-refractivity contribution in [1.82, 2.24) is 5.32 Å². The van der Waals surface area contributed by atoms with Crippen molar-refractivity contribution in [3.8, 4) is 5.75 Å². The summed E-state index contributed by atoms with van der Waals surface area (Å²) in [5.74, 6) is 0.333. The van der Waals surface area contributed by atoms with Gasteiger partial charge in [0.15, 0.2) is 0 Å². The Labute approximate surface area is 135 Å². The second-order valence-corrected chi connectivity index (χ2v) is 5.16. The first-order chi connectivity index (χ1) is 11.2. The fraction of sp³-hybridized carbons (Fsp3) is 0.278. The van der Waals surface area contributed by atoms with Gasteiger partial charge < -0.3 is 15.4 Å². The Morgan fingerprint density at radius 1 is 1.13 bits per heavy atom. The van der Waals surface area contributed by atoms with Crippen molar-refractivity contribution in [1.29, 1.82) is 0 Å². The maximum absolute atomic E-state index is 13.5. The summed E-state index contributed by atoms with van der Waals surface area (Å²) in [6, 6.07) is 13.6. The summed E-state index contributed by atoms with van der Waals surface area (Å²) in [4.78, 5) is 11.7. The molecule has 4 nitrogen and oxygen atoms in total. The quantitative estimate of drug-likeness (QED) is 0.734. The van der Waals surface area contributed by atoms with Gasteiger partial charge in [-0.2, -0.15) is 0 Å². The number of nitrogens with one attached hydrogen (secondary N) is 2. The molecule has 0 saturated heterocycles. The van der Waals surface area contributed by atoms with E-state index in [1.165, 1.54) is 6.07 Å². The summed E-state index contributed by atoms with van der Waals surface area (Å²) in [7, 11) is 1.86. The highest BCUT2D eigenvalue weighted by Gasteiger charge is 2.04. The number of amides is 1. The van der Waals surface area contributed by atoms with Gasteiger partial charge in [0.25, 0.3) is 0 Å². The van der Waals surface area contributed by atoms with Crippen LogP contribution in [0.2, 0.25) is 0 Å². The highest BCUT2D eigenvalue weighted by molar-refractivity contribution is 5.90. The zero-order valence-electron chi connectivity index (χ0n) is 13.1. The molecule has 0 aromatic heterocycles. The van der Waals surface area contributed by atoms with Crippen LogP contribution in [0.1, 0.15) is 18.4 Å². The Morgan fingerprint density at radius 3 is 2.57 bits per heavy atom. The van der Waals surface area contributed by atoms with Crippen LogP contribution in [0.25, 0.3) is 0 Å². The number of hydrogen-bond donors (Lipinski definition) is 2. The third kappa shape index (κ3) is 5.71. The number of anilines is 1. The molecule has 0 heterocycles. The Hall–Kier alpha value is -2.40. The number of hydrogen-bond acceptors (Lipinski definition) is 3. The molecule has 0 fully saturated rings. The standard InChI is InChI=1S/C18H21FN2O2/c1-20-12-4-7-18(22)21-15-8-10-16(11-9-15)23-13-14-5-2-3-6-17(14)19/h2-3,5-6,8-11,20H,4,7,12-13H2,1H3,(H,21,22). The molecule has 1 amide bonds. The molecular weight excluding hydrogens is 295 g/mol. The minimum absolute atomic E-state index is 0.0136. The summed E-state index contributed by atoms with van der Waals surface area (Å²) >= 11 is 0. The molecule has 0 unspecified atom stereocenters. The molecule has 2 aromatic carbocycles. The average molecular weight is 316 g/mol. The van der Waals surface area contributed by atoms with Gasteiger partial charge in [0, 0.05) is 17.7 Å². The molecule has 0 bridgehead atoms. The molecule has 0 aliphatic heterocycles. The molecule has 0 aliphatic carbocycles. The normalized spacial score (nSPS) is 10.3. The Kier molecular flexibility index (Phi) is 6.56. The van der Waals surface area contributed by atoms with E-state index in [0.29, 0.717) is 17.7 Å². The number of rotatable bonds is 8. The van der Waals surface area contributed by atoms with Crippen LogP contribution >= 0.6 is 0 Å². The van der Waals surface area contributed by atoms with Gasteiger partial charge in [-0.1, -0.05) is 18.2 Å². The monoisotopic (exact) mass is 316 g/mol. The van der Waals surface area contributed by atoms with Gasteiger partial charge in [-0.25, -0.2) is 4.39 Å². The molecule has 0 radical (unpaired) electrons. The molecule has 122 valence electrons. The summed E-state index contributed by atoms with van der Waals surface area (Å²) in [6.07, 6.45) is 1.28. The van der Waals surface area contributed by atoms with Crippen molar-refractivity contribution in [3.05, 3.63) is 59.9 Å². The summed E-state index contributed by atoms with van der Waals surface area (Å²) < 4.78 is 19.0. The first-order valence-electron chi connectivity index (χ1n) is 7.60. The molecule has 2 aromatic rings. The first kappa shape index (κ1) is 17.0. The summed E-state index contributed by atoms with van der Waals surface area (Å²) in [6.45, 7) is 0.985. The van der Waals surface area contributed by atoms with Crippen molar-refractivity contribution >= 4 is 11.6 Å². The lowest BCUT2D eigenvalue weighted by atomic mass is 10.2. The summed E-state index contributed by atoms with van der Waals surface area (Å²) in [5.41, 5.74) is 1.23. The Morgan fingerprint density at radius 2 is 1.87 bits per heavy atom. The van der Waals surface area contributed by atoms with E-state index in [0.717, 1.165) is 18.7 Å². The Bertz CT molecular complexity index is 629. The fourth-order valence-corrected chi connectivity index (χ4v) is 2.06. The average Bonchev–Trinajstić information content (AvgIpc) is 2.56. The van der Waals surface area contributed by atoms with Gasteiger partial charge in [-0.3, -0.25) is 4.79 Å². The SMILES string of the molecule is CNCCCC(=O)Nc1ccc(OCc2ccccc2F)cc1. The maximum atomic E-state index is 13.5. The maximum Gasteiger partial charge on any atom is 0.224 e. The van der Waals surface area contributed by atoms with E-state index in [1.807, 2.05) is 7.05 Å². The van der Waals surface area contributed by atoms with Crippen molar-refractivity contribution in [3.63, 3.8) is 0 Å². The van der Waals surface area contributed by atoms with Crippen LogP contribution in [0.3, 0.4) is 0 Å². The summed E-state index contributed by atoms with van der Waals surface area (Å²) in [5, 5.41) is 5.83. The number of benzene rings is 2. The lowest BCUT2D eigenvalue weighted by molar-refractivity contribution is -0.116. The molecule has 2 N–H and O–H groups in total. The zero-order chi connectivity index (χ0) is 16.5. The molecule has 23 heavy (non-hydrogen) atoms. The second-order valence-electron chi connectivity index (χ2n) is 5.16. The lowest BCUT2D eigenvalue weighted by Crippen LogP contribution is -2.15. The fourth-order valence-electron chi connectivity index (χ4n) is 2.06. The minimum atomic E-state index is -0.280. The minimum Gasteiger partial charge on any atom is -0.489 e. The van der Waals surface area contributed by atoms with Crippen molar-refractivity contribution in [2.75, 3.05) is 18.9 Å². The van der Waals surface area contributed by atoms with Crippen LogP contribution in [0.5, 0.6) is 5.75 Å². The van der Waals surface area contributed by atoms with Gasteiger partial charge in [-0.05, 0) is 50.3 Å². The smallest absolute Gasteiger partial charge is 0.224 e. The predicted molar refractivity (Wildman–Crippen MR) is 89.0 cm³/mol. The highest BCUT2D eigenvalue weighted by atomic mass is 19.1. The predicted octanol–water partition coefficient (Wildman–Crippen LogP) is 3.34. The first-order valence-corrected chi connectivity index (χ1v) is 7.60. The lowest BCUT2D eigenvalue weighted by Gasteiger charge is -2.09. The third-order valence-electron chi connectivity index (χ3n) is 3.32. The van der Waals surface area contributed by atoms with Crippen LogP contribution in [-0.2, 0) is 11.4 Å². The van der Waals surface area contributed by atoms with E-state index in [1.54, 1.807) is 42.5 Å². The molecule has 0 atom stereocenters. The molecule has 0 saturated carbocycles. The van der Waals surface area contributed by atoms with Crippen LogP contribution in [0.4, 0.5) is 10.1 Å². The van der Waals surface area contributed by atoms with Gasteiger partial charge in [0.1, 0.15) is 18.2 Å². The van der Waals surface area contributed by atoms with Crippen LogP contribution in [0, 0.1) is 5.82 Å². The number of halogens is 1. The molecule has 0 spiro atoms. The molecular formula is C18H21FN2O2. The van der Waals surface area contributed by atoms with Gasteiger partial charge in [-0.15, -0.1) is 0 Å².